The van der Waals surface area contributed by atoms with E-state index in [1.54, 1.807) is 7.05 Å². The highest BCUT2D eigenvalue weighted by Crippen LogP contribution is 1.77. The highest BCUT2D eigenvalue weighted by molar-refractivity contribution is 5.96. The Morgan fingerprint density at radius 3 is 2.67 bits per heavy atom. The average molecular weight is 126 g/mol. The van der Waals surface area contributed by atoms with Gasteiger partial charge in [0.05, 0.1) is 0 Å². The summed E-state index contributed by atoms with van der Waals surface area (Å²) in [6.45, 7) is 2.84. The molecule has 0 saturated carbocycles. The summed E-state index contributed by atoms with van der Waals surface area (Å²) in [5.41, 5.74) is 1.08. The van der Waals surface area contributed by atoms with E-state index in [-0.39, 0.29) is 0 Å². The van der Waals surface area contributed by atoms with Crippen LogP contribution in [0.4, 0.5) is 0 Å². The van der Waals surface area contributed by atoms with Crippen molar-refractivity contribution >= 4 is 5.71 Å². The predicted octanol–water partition coefficient (Wildman–Crippen LogP) is 0.853. The monoisotopic (exact) mass is 126 g/mol. The second kappa shape index (κ2) is 5.51. The first-order valence-electron chi connectivity index (χ1n) is 3.08. The molecule has 0 rings (SSSR count). The number of hydrogen-bond donors (Lipinski definition) is 1. The van der Waals surface area contributed by atoms with E-state index in [0.29, 0.717) is 0 Å². The predicted molar refractivity (Wildman–Crippen MR) is 42.1 cm³/mol. The van der Waals surface area contributed by atoms with Crippen molar-refractivity contribution in [2.75, 3.05) is 20.6 Å². The molecule has 0 spiro atoms. The zero-order valence-corrected chi connectivity index (χ0v) is 6.31. The van der Waals surface area contributed by atoms with Crippen molar-refractivity contribution in [2.24, 2.45) is 4.99 Å². The highest BCUT2D eigenvalue weighted by atomic mass is 14.8. The minimum absolute atomic E-state index is 0.848. The molecule has 0 saturated heterocycles. The molecule has 0 amide bonds. The summed E-state index contributed by atoms with van der Waals surface area (Å²) in [6, 6.07) is 0. The van der Waals surface area contributed by atoms with Crippen LogP contribution in [0.3, 0.4) is 0 Å². The van der Waals surface area contributed by atoms with E-state index in [1.165, 1.54) is 0 Å². The van der Waals surface area contributed by atoms with E-state index in [9.17, 15) is 0 Å². The second-order valence-corrected chi connectivity index (χ2v) is 1.75. The van der Waals surface area contributed by atoms with Gasteiger partial charge in [0.15, 0.2) is 0 Å². The molecule has 0 aromatic rings. The van der Waals surface area contributed by atoms with Crippen LogP contribution in [0, 0.1) is 0 Å². The Kier molecular flexibility index (Phi) is 5.12. The van der Waals surface area contributed by atoms with Crippen LogP contribution in [-0.2, 0) is 0 Å². The van der Waals surface area contributed by atoms with Crippen LogP contribution < -0.4 is 5.32 Å². The van der Waals surface area contributed by atoms with Gasteiger partial charge in [0.1, 0.15) is 0 Å². The quantitative estimate of drug-likeness (QED) is 0.557. The van der Waals surface area contributed by atoms with Crippen LogP contribution >= 0.6 is 0 Å². The molecule has 0 heterocycles. The summed E-state index contributed by atoms with van der Waals surface area (Å²) in [7, 11) is 3.71. The van der Waals surface area contributed by atoms with Gasteiger partial charge >= 0.3 is 0 Å². The lowest BCUT2D eigenvalue weighted by Gasteiger charge is -1.95. The van der Waals surface area contributed by atoms with Gasteiger partial charge in [-0.05, 0) is 20.0 Å². The molecule has 0 radical (unpaired) electrons. The molecule has 0 fully saturated rings. The van der Waals surface area contributed by atoms with Crippen molar-refractivity contribution in [3.63, 3.8) is 0 Å². The number of allylic oxidation sites excluding steroid dienone is 1. The van der Waals surface area contributed by atoms with Gasteiger partial charge in [-0.2, -0.15) is 0 Å². The lowest BCUT2D eigenvalue weighted by Crippen LogP contribution is -2.16. The zero-order chi connectivity index (χ0) is 7.11. The maximum atomic E-state index is 4.03. The van der Waals surface area contributed by atoms with Crippen molar-refractivity contribution in [3.8, 4) is 0 Å². The molecule has 0 atom stereocenters. The topological polar surface area (TPSA) is 24.4 Å². The van der Waals surface area contributed by atoms with Crippen LogP contribution in [0.2, 0.25) is 0 Å². The molecule has 2 heteroatoms. The maximum Gasteiger partial charge on any atom is 0.0479 e. The Bertz CT molecular complexity index is 114. The summed E-state index contributed by atoms with van der Waals surface area (Å²) in [6.07, 6.45) is 3.98. The third-order valence-electron chi connectivity index (χ3n) is 1.00. The minimum atomic E-state index is 0.848. The largest absolute Gasteiger partial charge is 0.314 e. The molecule has 0 bridgehead atoms. The maximum absolute atomic E-state index is 4.03. The average Bonchev–Trinajstić information content (AvgIpc) is 1.88. The van der Waals surface area contributed by atoms with Crippen molar-refractivity contribution in [1.29, 1.82) is 0 Å². The molecule has 0 aliphatic carbocycles. The summed E-state index contributed by atoms with van der Waals surface area (Å²) >= 11 is 0. The van der Waals surface area contributed by atoms with E-state index in [4.69, 9.17) is 0 Å². The van der Waals surface area contributed by atoms with Crippen molar-refractivity contribution in [1.82, 2.24) is 5.32 Å². The zero-order valence-electron chi connectivity index (χ0n) is 6.31. The number of nitrogens with one attached hydrogen (secondary N) is 1. The first-order chi connectivity index (χ1) is 4.35. The molecule has 0 aliphatic rings. The molecule has 0 aromatic carbocycles. The number of aliphatic imine (C=N–C) groups is 1. The van der Waals surface area contributed by atoms with Crippen LogP contribution in [0.15, 0.2) is 17.1 Å². The summed E-state index contributed by atoms with van der Waals surface area (Å²) < 4.78 is 0. The Morgan fingerprint density at radius 1 is 1.67 bits per heavy atom. The Hall–Kier alpha value is -0.630. The molecular formula is C7H14N2. The fraction of sp³-hybridized carbons (Fsp3) is 0.571. The van der Waals surface area contributed by atoms with Crippen LogP contribution in [0.5, 0.6) is 0 Å². The normalized spacial score (nSPS) is 13.0. The fourth-order valence-corrected chi connectivity index (χ4v) is 0.586. The first-order valence-corrected chi connectivity index (χ1v) is 3.08. The summed E-state index contributed by atoms with van der Waals surface area (Å²) in [4.78, 5) is 4.03. The van der Waals surface area contributed by atoms with Gasteiger partial charge in [-0.15, -0.1) is 0 Å². The molecule has 1 N–H and O–H groups in total. The standard InChI is InChI=1S/C7H14N2/c1-4-5-7(9-3)6-8-2/h4-5,8H,6H2,1-3H3. The molecular weight excluding hydrogens is 112 g/mol. The van der Waals surface area contributed by atoms with E-state index in [1.807, 2.05) is 26.1 Å². The molecule has 9 heavy (non-hydrogen) atoms. The smallest absolute Gasteiger partial charge is 0.0479 e. The fourth-order valence-electron chi connectivity index (χ4n) is 0.586. The van der Waals surface area contributed by atoms with E-state index in [0.717, 1.165) is 12.3 Å². The van der Waals surface area contributed by atoms with Gasteiger partial charge in [-0.1, -0.05) is 6.08 Å². The molecule has 0 aromatic heterocycles. The Morgan fingerprint density at radius 2 is 2.33 bits per heavy atom. The lowest BCUT2D eigenvalue weighted by atomic mass is 10.3. The molecule has 2 nitrogen and oxygen atoms in total. The highest BCUT2D eigenvalue weighted by Gasteiger charge is 1.85. The van der Waals surface area contributed by atoms with Gasteiger partial charge in [0.2, 0.25) is 0 Å². The third kappa shape index (κ3) is 3.91. The van der Waals surface area contributed by atoms with Gasteiger partial charge < -0.3 is 5.32 Å². The summed E-state index contributed by atoms with van der Waals surface area (Å²) in [5.74, 6) is 0. The second-order valence-electron chi connectivity index (χ2n) is 1.75. The summed E-state index contributed by atoms with van der Waals surface area (Å²) in [5, 5.41) is 3.02. The number of hydrogen-bond acceptors (Lipinski definition) is 2. The van der Waals surface area contributed by atoms with Crippen LogP contribution in [0.1, 0.15) is 6.92 Å². The van der Waals surface area contributed by atoms with Gasteiger partial charge in [-0.3, -0.25) is 4.99 Å². The van der Waals surface area contributed by atoms with Crippen molar-refractivity contribution in [2.45, 2.75) is 6.92 Å². The number of nitrogens with zero attached hydrogens (tertiary/aromatic N) is 1. The first kappa shape index (κ1) is 8.37. The Balaban J connectivity index is 3.70. The van der Waals surface area contributed by atoms with Gasteiger partial charge in [0.25, 0.3) is 0 Å². The van der Waals surface area contributed by atoms with Crippen molar-refractivity contribution in [3.05, 3.63) is 12.2 Å². The van der Waals surface area contributed by atoms with Gasteiger partial charge in [-0.25, -0.2) is 0 Å². The van der Waals surface area contributed by atoms with Crippen LogP contribution in [-0.4, -0.2) is 26.4 Å². The SMILES string of the molecule is CC=CC(CNC)=NC. The van der Waals surface area contributed by atoms with Crippen LogP contribution in [0.25, 0.3) is 0 Å². The lowest BCUT2D eigenvalue weighted by molar-refractivity contribution is 0.946. The molecule has 0 aliphatic heterocycles. The van der Waals surface area contributed by atoms with Gasteiger partial charge in [0, 0.05) is 19.3 Å². The molecule has 52 valence electrons. The molecule has 0 unspecified atom stereocenters. The van der Waals surface area contributed by atoms with E-state index in [2.05, 4.69) is 10.3 Å². The van der Waals surface area contributed by atoms with Crippen molar-refractivity contribution < 1.29 is 0 Å². The van der Waals surface area contributed by atoms with E-state index >= 15 is 0 Å². The number of rotatable bonds is 3. The minimum Gasteiger partial charge on any atom is -0.314 e. The Labute approximate surface area is 56.7 Å². The van der Waals surface area contributed by atoms with E-state index < -0.39 is 0 Å². The third-order valence-corrected chi connectivity index (χ3v) is 1.00.